The van der Waals surface area contributed by atoms with Crippen LogP contribution in [0.2, 0.25) is 0 Å². The standard InChI is InChI=1S/C30H47ClFN5O8/c31-21-12-34-30(35-13-21)36-7-5-18(6-8-36)2-1-9-45-22-4-3-19(23(32)11-22)10-26(41)37-15-20(16-37)29(44)33-14-24(39)27(42)28(43)25(40)17-38/h3-4,11,18,20-21,24-25,27-28,30,34-35,38-40,42-43H,1-2,5-10,12-17H2,(H,33,44)/t21?,24-,25+,27+,28+,30?/m0/s1. The Morgan fingerprint density at radius 2 is 1.73 bits per heavy atom. The molecule has 1 aromatic rings. The second-order valence-electron chi connectivity index (χ2n) is 12.3. The molecular formula is C30H47ClFN5O8. The van der Waals surface area contributed by atoms with Crippen molar-refractivity contribution in [3.8, 4) is 5.75 Å². The molecule has 0 spiro atoms. The van der Waals surface area contributed by atoms with Crippen molar-refractivity contribution in [3.05, 3.63) is 29.6 Å². The van der Waals surface area contributed by atoms with Crippen molar-refractivity contribution in [2.45, 2.75) is 68.2 Å². The third-order valence-corrected chi connectivity index (χ3v) is 9.20. The van der Waals surface area contributed by atoms with Crippen molar-refractivity contribution in [3.63, 3.8) is 0 Å². The summed E-state index contributed by atoms with van der Waals surface area (Å²) in [6.45, 7) is 3.21. The Kier molecular flexibility index (Phi) is 13.6. The maximum absolute atomic E-state index is 14.8. The molecule has 13 nitrogen and oxygen atoms in total. The van der Waals surface area contributed by atoms with Crippen LogP contribution < -0.4 is 20.7 Å². The van der Waals surface area contributed by atoms with E-state index in [1.165, 1.54) is 17.0 Å². The first kappa shape index (κ1) is 35.7. The van der Waals surface area contributed by atoms with Gasteiger partial charge in [-0.05, 0) is 43.2 Å². The lowest BCUT2D eigenvalue weighted by Gasteiger charge is -2.41. The molecule has 2 amide bonds. The highest BCUT2D eigenvalue weighted by atomic mass is 35.5. The van der Waals surface area contributed by atoms with Crippen LogP contribution in [0, 0.1) is 17.7 Å². The summed E-state index contributed by atoms with van der Waals surface area (Å²) in [5.74, 6) is -0.805. The number of piperidine rings is 1. The number of benzene rings is 1. The molecule has 4 rings (SSSR count). The van der Waals surface area contributed by atoms with Gasteiger partial charge >= 0.3 is 0 Å². The van der Waals surface area contributed by atoms with E-state index in [-0.39, 0.29) is 42.6 Å². The van der Waals surface area contributed by atoms with Gasteiger partial charge < -0.3 is 40.5 Å². The molecule has 3 heterocycles. The van der Waals surface area contributed by atoms with Crippen molar-refractivity contribution in [1.82, 2.24) is 25.8 Å². The van der Waals surface area contributed by atoms with Gasteiger partial charge in [0.15, 0.2) is 0 Å². The maximum Gasteiger partial charge on any atom is 0.227 e. The number of aliphatic hydroxyl groups is 5. The van der Waals surface area contributed by atoms with Gasteiger partial charge in [0.2, 0.25) is 11.8 Å². The molecule has 3 aliphatic rings. The minimum Gasteiger partial charge on any atom is -0.493 e. The number of alkyl halides is 1. The SMILES string of the molecule is O=C(NC[C@H](O)[C@@H](O)[C@H](O)[C@H](O)CO)C1CN(C(=O)Cc2ccc(OCCCC3CCN(C4NCC(Cl)CN4)CC3)cc2F)C1. The normalized spacial score (nSPS) is 24.4. The third kappa shape index (κ3) is 10.2. The number of aliphatic hydroxyl groups excluding tert-OH is 5. The number of halogens is 2. The van der Waals surface area contributed by atoms with E-state index in [0.717, 1.165) is 51.9 Å². The van der Waals surface area contributed by atoms with E-state index in [0.29, 0.717) is 18.3 Å². The lowest BCUT2D eigenvalue weighted by atomic mass is 9.92. The van der Waals surface area contributed by atoms with Crippen molar-refractivity contribution >= 4 is 23.4 Å². The maximum atomic E-state index is 14.8. The molecule has 4 atom stereocenters. The summed E-state index contributed by atoms with van der Waals surface area (Å²) < 4.78 is 20.5. The third-order valence-electron chi connectivity index (χ3n) is 8.89. The number of nitrogens with zero attached hydrogens (tertiary/aromatic N) is 2. The summed E-state index contributed by atoms with van der Waals surface area (Å²) in [5.41, 5.74) is 0.233. The molecule has 45 heavy (non-hydrogen) atoms. The van der Waals surface area contributed by atoms with Gasteiger partial charge in [0.25, 0.3) is 0 Å². The number of hydrogen-bond donors (Lipinski definition) is 8. The number of nitrogens with one attached hydrogen (secondary N) is 3. The van der Waals surface area contributed by atoms with E-state index in [9.17, 15) is 34.4 Å². The Balaban J connectivity index is 1.09. The van der Waals surface area contributed by atoms with Crippen LogP contribution in [0.15, 0.2) is 18.2 Å². The molecule has 8 N–H and O–H groups in total. The highest BCUT2D eigenvalue weighted by Gasteiger charge is 2.37. The van der Waals surface area contributed by atoms with Gasteiger partial charge in [0.1, 0.15) is 36.2 Å². The Hall–Kier alpha value is -2.14. The van der Waals surface area contributed by atoms with Crippen LogP contribution in [0.25, 0.3) is 0 Å². The fourth-order valence-electron chi connectivity index (χ4n) is 5.86. The highest BCUT2D eigenvalue weighted by molar-refractivity contribution is 6.21. The van der Waals surface area contributed by atoms with Gasteiger partial charge in [-0.1, -0.05) is 6.07 Å². The lowest BCUT2D eigenvalue weighted by molar-refractivity contribution is -0.143. The summed E-state index contributed by atoms with van der Waals surface area (Å²) in [7, 11) is 0. The molecular weight excluding hydrogens is 613 g/mol. The Morgan fingerprint density at radius 3 is 2.38 bits per heavy atom. The van der Waals surface area contributed by atoms with Crippen molar-refractivity contribution in [2.24, 2.45) is 11.8 Å². The van der Waals surface area contributed by atoms with Crippen molar-refractivity contribution in [1.29, 1.82) is 0 Å². The fraction of sp³-hybridized carbons (Fsp3) is 0.733. The van der Waals surface area contributed by atoms with E-state index < -0.39 is 55.2 Å². The summed E-state index contributed by atoms with van der Waals surface area (Å²) in [6, 6.07) is 4.48. The fourth-order valence-corrected chi connectivity index (χ4v) is 6.04. The van der Waals surface area contributed by atoms with E-state index in [4.69, 9.17) is 21.4 Å². The molecule has 0 aromatic heterocycles. The Bertz CT molecular complexity index is 1100. The van der Waals surface area contributed by atoms with Crippen LogP contribution in [0.4, 0.5) is 4.39 Å². The topological polar surface area (TPSA) is 187 Å². The molecule has 0 unspecified atom stereocenters. The molecule has 3 fully saturated rings. The van der Waals surface area contributed by atoms with Gasteiger partial charge in [-0.2, -0.15) is 0 Å². The second kappa shape index (κ2) is 17.1. The number of hydrogen-bond acceptors (Lipinski definition) is 11. The molecule has 0 aliphatic carbocycles. The zero-order chi connectivity index (χ0) is 32.5. The summed E-state index contributed by atoms with van der Waals surface area (Å²) >= 11 is 6.14. The molecule has 3 saturated heterocycles. The van der Waals surface area contributed by atoms with Crippen molar-refractivity contribution in [2.75, 3.05) is 59.0 Å². The number of carbonyl (C=O) groups excluding carboxylic acids is 2. The van der Waals surface area contributed by atoms with Gasteiger partial charge in [0.05, 0.1) is 37.0 Å². The quantitative estimate of drug-likeness (QED) is 0.0795. The van der Waals surface area contributed by atoms with Gasteiger partial charge in [0, 0.05) is 51.9 Å². The number of likely N-dealkylation sites (tertiary alicyclic amines) is 2. The molecule has 0 bridgehead atoms. The monoisotopic (exact) mass is 659 g/mol. The first-order chi connectivity index (χ1) is 21.5. The molecule has 3 aliphatic heterocycles. The number of carbonyl (C=O) groups is 2. The van der Waals surface area contributed by atoms with Gasteiger partial charge in [-0.15, -0.1) is 11.6 Å². The average molecular weight is 660 g/mol. The second-order valence-corrected chi connectivity index (χ2v) is 12.9. The number of ether oxygens (including phenoxy) is 1. The van der Waals surface area contributed by atoms with Crippen LogP contribution >= 0.6 is 11.6 Å². The van der Waals surface area contributed by atoms with E-state index >= 15 is 0 Å². The van der Waals surface area contributed by atoms with E-state index in [1.54, 1.807) is 6.07 Å². The van der Waals surface area contributed by atoms with Crippen LogP contribution in [0.5, 0.6) is 5.75 Å². The minimum absolute atomic E-state index is 0.125. The zero-order valence-electron chi connectivity index (χ0n) is 25.4. The first-order valence-electron chi connectivity index (χ1n) is 15.7. The van der Waals surface area contributed by atoms with Gasteiger partial charge in [-0.25, -0.2) is 4.39 Å². The molecule has 1 aromatic carbocycles. The summed E-state index contributed by atoms with van der Waals surface area (Å²) in [4.78, 5) is 28.8. The Labute approximate surface area is 267 Å². The van der Waals surface area contributed by atoms with Crippen molar-refractivity contribution < 1.29 is 44.2 Å². The molecule has 254 valence electrons. The van der Waals surface area contributed by atoms with E-state index in [1.807, 2.05) is 0 Å². The minimum atomic E-state index is -1.79. The highest BCUT2D eigenvalue weighted by Crippen LogP contribution is 2.24. The number of rotatable bonds is 15. The lowest BCUT2D eigenvalue weighted by Crippen LogP contribution is -2.62. The average Bonchev–Trinajstić information content (AvgIpc) is 3.02. The summed E-state index contributed by atoms with van der Waals surface area (Å²) in [6.07, 6.45) is -2.59. The van der Waals surface area contributed by atoms with Crippen LogP contribution in [-0.2, 0) is 16.0 Å². The predicted molar refractivity (Wildman–Crippen MR) is 163 cm³/mol. The predicted octanol–water partition coefficient (Wildman–Crippen LogP) is -1.67. The van der Waals surface area contributed by atoms with Crippen LogP contribution in [-0.4, -0.2) is 142 Å². The summed E-state index contributed by atoms with van der Waals surface area (Å²) in [5, 5.41) is 57.1. The van der Waals surface area contributed by atoms with Gasteiger partial charge in [-0.3, -0.25) is 25.1 Å². The number of amides is 2. The van der Waals surface area contributed by atoms with E-state index in [2.05, 4.69) is 20.9 Å². The molecule has 0 saturated carbocycles. The zero-order valence-corrected chi connectivity index (χ0v) is 26.1. The largest absolute Gasteiger partial charge is 0.493 e. The van der Waals surface area contributed by atoms with Crippen LogP contribution in [0.1, 0.15) is 31.2 Å². The van der Waals surface area contributed by atoms with Crippen LogP contribution in [0.3, 0.4) is 0 Å². The Morgan fingerprint density at radius 1 is 1.07 bits per heavy atom. The first-order valence-corrected chi connectivity index (χ1v) is 16.1. The smallest absolute Gasteiger partial charge is 0.227 e. The molecule has 15 heteroatoms. The molecule has 0 radical (unpaired) electrons.